The molecule has 3 nitrogen and oxygen atoms in total. The molecule has 0 N–H and O–H groups in total. The van der Waals surface area contributed by atoms with E-state index in [2.05, 4.69) is 52.8 Å². The second-order valence-corrected chi connectivity index (χ2v) is 7.42. The Hall–Kier alpha value is -1.38. The molecular formula is C16H26N2O. The van der Waals surface area contributed by atoms with Crippen molar-refractivity contribution in [2.45, 2.75) is 41.5 Å². The number of rotatable bonds is 2. The van der Waals surface area contributed by atoms with Gasteiger partial charge in [0.2, 0.25) is 0 Å². The minimum atomic E-state index is -0.0817. The van der Waals surface area contributed by atoms with Crippen molar-refractivity contribution in [1.29, 1.82) is 0 Å². The smallest absolute Gasteiger partial charge is 0.120 e. The highest BCUT2D eigenvalue weighted by Gasteiger charge is 2.34. The summed E-state index contributed by atoms with van der Waals surface area (Å²) >= 11 is 0. The standard InChI is InChI=1S/C16H26N2O/c1-15(2,3)12-9-13(16(4,5)6)14(17-19)11(12)10-18(7)8/h9-10H,1-8H3/b11-10-. The van der Waals surface area contributed by atoms with Crippen molar-refractivity contribution >= 4 is 0 Å². The molecule has 0 aromatic heterocycles. The molecule has 0 bridgehead atoms. The van der Waals surface area contributed by atoms with Gasteiger partial charge in [-0.05, 0) is 27.2 Å². The predicted octanol–water partition coefficient (Wildman–Crippen LogP) is 4.48. The Morgan fingerprint density at radius 2 is 1.58 bits per heavy atom. The number of nitroso groups, excluding NO2 is 1. The topological polar surface area (TPSA) is 32.7 Å². The van der Waals surface area contributed by atoms with Crippen molar-refractivity contribution in [3.63, 3.8) is 0 Å². The Balaban J connectivity index is 3.51. The molecule has 0 saturated carbocycles. The first-order valence-electron chi connectivity index (χ1n) is 6.67. The average Bonchev–Trinajstić information content (AvgIpc) is 2.54. The quantitative estimate of drug-likeness (QED) is 0.687. The third-order valence-corrected chi connectivity index (χ3v) is 3.18. The van der Waals surface area contributed by atoms with Gasteiger partial charge in [0.05, 0.1) is 0 Å². The monoisotopic (exact) mass is 262 g/mol. The predicted molar refractivity (Wildman–Crippen MR) is 81.6 cm³/mol. The van der Waals surface area contributed by atoms with Gasteiger partial charge in [-0.1, -0.05) is 47.6 Å². The van der Waals surface area contributed by atoms with Gasteiger partial charge in [0, 0.05) is 25.9 Å². The summed E-state index contributed by atoms with van der Waals surface area (Å²) in [6, 6.07) is 0. The first-order chi connectivity index (χ1) is 8.48. The summed E-state index contributed by atoms with van der Waals surface area (Å²) in [5.41, 5.74) is 3.66. The molecule has 1 aliphatic carbocycles. The highest BCUT2D eigenvalue weighted by Crippen LogP contribution is 2.46. The summed E-state index contributed by atoms with van der Waals surface area (Å²) in [7, 11) is 3.93. The van der Waals surface area contributed by atoms with E-state index in [9.17, 15) is 4.91 Å². The summed E-state index contributed by atoms with van der Waals surface area (Å²) < 4.78 is 0. The second-order valence-electron chi connectivity index (χ2n) is 7.42. The van der Waals surface area contributed by atoms with Crippen LogP contribution in [0.25, 0.3) is 0 Å². The molecule has 19 heavy (non-hydrogen) atoms. The van der Waals surface area contributed by atoms with Crippen LogP contribution in [0.4, 0.5) is 0 Å². The lowest BCUT2D eigenvalue weighted by molar-refractivity contribution is 0.501. The van der Waals surface area contributed by atoms with Gasteiger partial charge in [-0.2, -0.15) is 0 Å². The Morgan fingerprint density at radius 1 is 1.05 bits per heavy atom. The highest BCUT2D eigenvalue weighted by atomic mass is 16.3. The number of hydrogen-bond acceptors (Lipinski definition) is 3. The van der Waals surface area contributed by atoms with E-state index in [1.54, 1.807) is 0 Å². The maximum atomic E-state index is 11.3. The van der Waals surface area contributed by atoms with Gasteiger partial charge in [0.1, 0.15) is 5.70 Å². The zero-order valence-electron chi connectivity index (χ0n) is 13.5. The van der Waals surface area contributed by atoms with E-state index in [0.717, 1.165) is 11.1 Å². The maximum Gasteiger partial charge on any atom is 0.120 e. The van der Waals surface area contributed by atoms with Gasteiger partial charge in [0.25, 0.3) is 0 Å². The third kappa shape index (κ3) is 3.34. The Labute approximate surface area is 117 Å². The molecule has 0 amide bonds. The van der Waals surface area contributed by atoms with Crippen LogP contribution in [0.3, 0.4) is 0 Å². The first kappa shape index (κ1) is 15.7. The van der Waals surface area contributed by atoms with Crippen molar-refractivity contribution in [3.05, 3.63) is 39.6 Å². The Bertz CT molecular complexity index is 466. The Morgan fingerprint density at radius 3 is 1.89 bits per heavy atom. The molecule has 106 valence electrons. The normalized spacial score (nSPS) is 18.9. The van der Waals surface area contributed by atoms with Crippen LogP contribution in [0.5, 0.6) is 0 Å². The molecule has 0 aliphatic heterocycles. The van der Waals surface area contributed by atoms with Gasteiger partial charge in [-0.25, -0.2) is 0 Å². The van der Waals surface area contributed by atoms with Crippen LogP contribution >= 0.6 is 0 Å². The van der Waals surface area contributed by atoms with Gasteiger partial charge in [0.15, 0.2) is 0 Å². The summed E-state index contributed by atoms with van der Waals surface area (Å²) in [6.07, 6.45) is 4.14. The van der Waals surface area contributed by atoms with Crippen LogP contribution in [0, 0.1) is 15.7 Å². The summed E-state index contributed by atoms with van der Waals surface area (Å²) in [4.78, 5) is 13.3. The van der Waals surface area contributed by atoms with Crippen LogP contribution < -0.4 is 0 Å². The molecule has 0 atom stereocenters. The Kier molecular flexibility index (Phi) is 4.08. The molecule has 0 aromatic carbocycles. The van der Waals surface area contributed by atoms with Crippen LogP contribution in [0.1, 0.15) is 41.5 Å². The fourth-order valence-corrected chi connectivity index (χ4v) is 2.24. The summed E-state index contributed by atoms with van der Waals surface area (Å²) in [5.74, 6) is 0. The molecule has 1 aliphatic rings. The van der Waals surface area contributed by atoms with E-state index in [-0.39, 0.29) is 10.8 Å². The van der Waals surface area contributed by atoms with Crippen LogP contribution in [-0.4, -0.2) is 19.0 Å². The molecule has 0 fully saturated rings. The molecule has 0 unspecified atom stereocenters. The molecular weight excluding hydrogens is 236 g/mol. The zero-order valence-corrected chi connectivity index (χ0v) is 13.5. The molecule has 0 radical (unpaired) electrons. The van der Waals surface area contributed by atoms with Gasteiger partial charge in [-0.3, -0.25) is 0 Å². The van der Waals surface area contributed by atoms with Crippen molar-refractivity contribution in [2.24, 2.45) is 16.0 Å². The largest absolute Gasteiger partial charge is 0.383 e. The van der Waals surface area contributed by atoms with E-state index in [1.807, 2.05) is 25.2 Å². The lowest BCUT2D eigenvalue weighted by Gasteiger charge is -2.23. The molecule has 3 heteroatoms. The van der Waals surface area contributed by atoms with Gasteiger partial charge >= 0.3 is 0 Å². The lowest BCUT2D eigenvalue weighted by Crippen LogP contribution is -2.13. The minimum Gasteiger partial charge on any atom is -0.383 e. The van der Waals surface area contributed by atoms with Crippen LogP contribution in [0.15, 0.2) is 39.9 Å². The first-order valence-corrected chi connectivity index (χ1v) is 6.67. The zero-order chi connectivity index (χ0) is 15.0. The molecule has 1 rings (SSSR count). The third-order valence-electron chi connectivity index (χ3n) is 3.18. The fraction of sp³-hybridized carbons (Fsp3) is 0.625. The van der Waals surface area contributed by atoms with E-state index >= 15 is 0 Å². The van der Waals surface area contributed by atoms with Crippen LogP contribution in [0.2, 0.25) is 0 Å². The van der Waals surface area contributed by atoms with Crippen LogP contribution in [-0.2, 0) is 0 Å². The van der Waals surface area contributed by atoms with E-state index in [1.165, 1.54) is 5.57 Å². The molecule has 0 spiro atoms. The maximum absolute atomic E-state index is 11.3. The SMILES string of the molecule is CN(C)/C=C1/C(C(C)(C)C)=CC(C(C)(C)C)=C1N=O. The lowest BCUT2D eigenvalue weighted by atomic mass is 9.82. The molecule has 0 aromatic rings. The fourth-order valence-electron chi connectivity index (χ4n) is 2.24. The highest BCUT2D eigenvalue weighted by molar-refractivity contribution is 5.61. The van der Waals surface area contributed by atoms with Crippen molar-refractivity contribution in [3.8, 4) is 0 Å². The number of hydrogen-bond donors (Lipinski definition) is 0. The second kappa shape index (κ2) is 4.95. The molecule has 0 saturated heterocycles. The molecule has 0 heterocycles. The van der Waals surface area contributed by atoms with E-state index < -0.39 is 0 Å². The van der Waals surface area contributed by atoms with Gasteiger partial charge < -0.3 is 4.90 Å². The van der Waals surface area contributed by atoms with Gasteiger partial charge in [-0.15, -0.1) is 4.91 Å². The summed E-state index contributed by atoms with van der Waals surface area (Å²) in [6.45, 7) is 12.8. The van der Waals surface area contributed by atoms with E-state index in [0.29, 0.717) is 5.70 Å². The van der Waals surface area contributed by atoms with Crippen molar-refractivity contribution < 1.29 is 0 Å². The number of allylic oxidation sites excluding steroid dienone is 3. The van der Waals surface area contributed by atoms with Crippen molar-refractivity contribution in [1.82, 2.24) is 4.90 Å². The number of nitrogens with zero attached hydrogens (tertiary/aromatic N) is 2. The van der Waals surface area contributed by atoms with E-state index in [4.69, 9.17) is 0 Å². The van der Waals surface area contributed by atoms with Crippen molar-refractivity contribution in [2.75, 3.05) is 14.1 Å². The average molecular weight is 262 g/mol. The summed E-state index contributed by atoms with van der Waals surface area (Å²) in [5, 5.41) is 3.32. The minimum absolute atomic E-state index is 0.00914.